The molecule has 2 aromatic rings. The van der Waals surface area contributed by atoms with Crippen LogP contribution in [0.4, 0.5) is 5.69 Å². The van der Waals surface area contributed by atoms with Crippen LogP contribution >= 0.6 is 0 Å². The number of carbonyl (C=O) groups is 1. The molecule has 0 unspecified atom stereocenters. The summed E-state index contributed by atoms with van der Waals surface area (Å²) < 4.78 is 0. The molecule has 122 valence electrons. The van der Waals surface area contributed by atoms with E-state index in [1.165, 1.54) is 11.8 Å². The van der Waals surface area contributed by atoms with Crippen molar-refractivity contribution in [3.63, 3.8) is 0 Å². The third-order valence-corrected chi connectivity index (χ3v) is 3.80. The van der Waals surface area contributed by atoms with Gasteiger partial charge in [-0.1, -0.05) is 38.1 Å². The summed E-state index contributed by atoms with van der Waals surface area (Å²) in [5.41, 5.74) is 8.83. The lowest BCUT2D eigenvalue weighted by atomic mass is 10.1. The molecule has 0 fully saturated rings. The van der Waals surface area contributed by atoms with E-state index < -0.39 is 0 Å². The van der Waals surface area contributed by atoms with Crippen molar-refractivity contribution in [3.05, 3.63) is 59.4 Å². The average Bonchev–Trinajstić information content (AvgIpc) is 2.59. The second-order valence-corrected chi connectivity index (χ2v) is 5.44. The summed E-state index contributed by atoms with van der Waals surface area (Å²) in [7, 11) is 0. The lowest BCUT2D eigenvalue weighted by Gasteiger charge is -2.18. The number of nitrogens with zero attached hydrogens (tertiary/aromatic N) is 2. The normalized spacial score (nSPS) is 10.7. The summed E-state index contributed by atoms with van der Waals surface area (Å²) in [6, 6.07) is 11.6. The Bertz CT molecular complexity index is 618. The van der Waals surface area contributed by atoms with Gasteiger partial charge in [0.05, 0.1) is 11.9 Å². The summed E-state index contributed by atoms with van der Waals surface area (Å²) >= 11 is 0. The minimum absolute atomic E-state index is 0.197. The molecule has 5 nitrogen and oxygen atoms in total. The highest BCUT2D eigenvalue weighted by molar-refractivity contribution is 5.92. The highest BCUT2D eigenvalue weighted by atomic mass is 16.1. The van der Waals surface area contributed by atoms with Gasteiger partial charge in [-0.05, 0) is 36.3 Å². The molecule has 5 heteroatoms. The number of pyridine rings is 1. The van der Waals surface area contributed by atoms with Gasteiger partial charge in [0, 0.05) is 13.1 Å². The molecule has 0 saturated carbocycles. The van der Waals surface area contributed by atoms with Crippen LogP contribution in [0.5, 0.6) is 0 Å². The zero-order valence-electron chi connectivity index (χ0n) is 13.7. The van der Waals surface area contributed by atoms with E-state index in [1.807, 2.05) is 0 Å². The van der Waals surface area contributed by atoms with Crippen LogP contribution in [0.1, 0.15) is 35.5 Å². The van der Waals surface area contributed by atoms with Gasteiger partial charge in [-0.15, -0.1) is 0 Å². The lowest BCUT2D eigenvalue weighted by molar-refractivity contribution is 0.0946. The van der Waals surface area contributed by atoms with Crippen molar-refractivity contribution >= 4 is 11.6 Å². The van der Waals surface area contributed by atoms with E-state index in [0.717, 1.165) is 25.2 Å². The highest BCUT2D eigenvalue weighted by Crippen LogP contribution is 2.08. The van der Waals surface area contributed by atoms with Crippen LogP contribution in [0.15, 0.2) is 42.6 Å². The number of rotatable bonds is 7. The van der Waals surface area contributed by atoms with Gasteiger partial charge in [0.1, 0.15) is 5.69 Å². The van der Waals surface area contributed by atoms with Crippen molar-refractivity contribution < 1.29 is 4.79 Å². The van der Waals surface area contributed by atoms with Gasteiger partial charge in [0.2, 0.25) is 0 Å². The highest BCUT2D eigenvalue weighted by Gasteiger charge is 2.06. The van der Waals surface area contributed by atoms with Crippen LogP contribution in [0, 0.1) is 0 Å². The molecule has 1 aromatic carbocycles. The Hall–Kier alpha value is -2.40. The molecule has 0 aliphatic heterocycles. The van der Waals surface area contributed by atoms with E-state index in [2.05, 4.69) is 53.3 Å². The fourth-order valence-electron chi connectivity index (χ4n) is 2.28. The van der Waals surface area contributed by atoms with Gasteiger partial charge in [0.15, 0.2) is 0 Å². The largest absolute Gasteiger partial charge is 0.397 e. The molecule has 0 radical (unpaired) electrons. The maximum Gasteiger partial charge on any atom is 0.270 e. The van der Waals surface area contributed by atoms with Crippen LogP contribution in [-0.4, -0.2) is 28.9 Å². The number of benzene rings is 1. The molecule has 1 aromatic heterocycles. The van der Waals surface area contributed by atoms with E-state index in [-0.39, 0.29) is 5.91 Å². The lowest BCUT2D eigenvalue weighted by Crippen LogP contribution is -2.24. The number of aromatic nitrogens is 1. The fraction of sp³-hybridized carbons (Fsp3) is 0.333. The summed E-state index contributed by atoms with van der Waals surface area (Å²) in [5, 5.41) is 2.86. The van der Waals surface area contributed by atoms with E-state index in [4.69, 9.17) is 5.73 Å². The van der Waals surface area contributed by atoms with Crippen molar-refractivity contribution in [2.24, 2.45) is 0 Å². The minimum atomic E-state index is -0.197. The first-order chi connectivity index (χ1) is 11.1. The summed E-state index contributed by atoms with van der Waals surface area (Å²) in [6.07, 6.45) is 1.48. The molecule has 2 rings (SSSR count). The standard InChI is InChI=1S/C18H24N4O/c1-3-22(4-2)13-15-7-5-14(6-8-15)11-21-18(23)17-10-9-16(19)12-20-17/h5-10,12H,3-4,11,13,19H2,1-2H3,(H,21,23). The molecular weight excluding hydrogens is 288 g/mol. The van der Waals surface area contributed by atoms with Gasteiger partial charge >= 0.3 is 0 Å². The van der Waals surface area contributed by atoms with Crippen molar-refractivity contribution in [3.8, 4) is 0 Å². The Morgan fingerprint density at radius 3 is 2.30 bits per heavy atom. The number of carbonyl (C=O) groups excluding carboxylic acids is 1. The number of hydrogen-bond donors (Lipinski definition) is 2. The van der Waals surface area contributed by atoms with Crippen LogP contribution in [0.2, 0.25) is 0 Å². The molecule has 0 aliphatic carbocycles. The molecule has 1 heterocycles. The molecule has 0 spiro atoms. The molecular formula is C18H24N4O. The Labute approximate surface area is 137 Å². The van der Waals surface area contributed by atoms with E-state index in [1.54, 1.807) is 12.1 Å². The van der Waals surface area contributed by atoms with E-state index in [9.17, 15) is 4.79 Å². The Morgan fingerprint density at radius 1 is 1.09 bits per heavy atom. The maximum atomic E-state index is 12.0. The summed E-state index contributed by atoms with van der Waals surface area (Å²) in [6.45, 7) is 7.86. The molecule has 3 N–H and O–H groups in total. The van der Waals surface area contributed by atoms with Crippen molar-refractivity contribution in [1.29, 1.82) is 0 Å². The molecule has 0 aliphatic rings. The predicted octanol–water partition coefficient (Wildman–Crippen LogP) is 2.44. The van der Waals surface area contributed by atoms with Crippen LogP contribution in [0.3, 0.4) is 0 Å². The number of hydrogen-bond acceptors (Lipinski definition) is 4. The summed E-state index contributed by atoms with van der Waals surface area (Å²) in [5.74, 6) is -0.197. The first-order valence-electron chi connectivity index (χ1n) is 7.92. The van der Waals surface area contributed by atoms with Crippen molar-refractivity contribution in [1.82, 2.24) is 15.2 Å². The molecule has 0 saturated heterocycles. The van der Waals surface area contributed by atoms with Crippen LogP contribution in [0.25, 0.3) is 0 Å². The van der Waals surface area contributed by atoms with Crippen LogP contribution in [-0.2, 0) is 13.1 Å². The molecule has 0 bridgehead atoms. The monoisotopic (exact) mass is 312 g/mol. The predicted molar refractivity (Wildman–Crippen MR) is 92.9 cm³/mol. The molecule has 0 atom stereocenters. The number of amides is 1. The number of nitrogens with one attached hydrogen (secondary N) is 1. The van der Waals surface area contributed by atoms with Crippen LogP contribution < -0.4 is 11.1 Å². The van der Waals surface area contributed by atoms with E-state index >= 15 is 0 Å². The SMILES string of the molecule is CCN(CC)Cc1ccc(CNC(=O)c2ccc(N)cn2)cc1. The van der Waals surface area contributed by atoms with E-state index in [0.29, 0.717) is 17.9 Å². The zero-order valence-corrected chi connectivity index (χ0v) is 13.7. The minimum Gasteiger partial charge on any atom is -0.397 e. The third-order valence-electron chi connectivity index (χ3n) is 3.80. The topological polar surface area (TPSA) is 71.2 Å². The van der Waals surface area contributed by atoms with Crippen molar-refractivity contribution in [2.75, 3.05) is 18.8 Å². The van der Waals surface area contributed by atoms with Gasteiger partial charge < -0.3 is 11.1 Å². The Kier molecular flexibility index (Phi) is 6.11. The van der Waals surface area contributed by atoms with Gasteiger partial charge in [-0.25, -0.2) is 4.98 Å². The number of anilines is 1. The number of nitrogen functional groups attached to an aromatic ring is 1. The zero-order chi connectivity index (χ0) is 16.7. The van der Waals surface area contributed by atoms with Crippen molar-refractivity contribution in [2.45, 2.75) is 26.9 Å². The average molecular weight is 312 g/mol. The second-order valence-electron chi connectivity index (χ2n) is 5.44. The fourth-order valence-corrected chi connectivity index (χ4v) is 2.28. The van der Waals surface area contributed by atoms with Gasteiger partial charge in [0.25, 0.3) is 5.91 Å². The van der Waals surface area contributed by atoms with Gasteiger partial charge in [-0.2, -0.15) is 0 Å². The van der Waals surface area contributed by atoms with Gasteiger partial charge in [-0.3, -0.25) is 9.69 Å². The quantitative estimate of drug-likeness (QED) is 0.824. The second kappa shape index (κ2) is 8.29. The Balaban J connectivity index is 1.88. The first-order valence-corrected chi connectivity index (χ1v) is 7.92. The maximum absolute atomic E-state index is 12.0. The first kappa shape index (κ1) is 17.0. The Morgan fingerprint density at radius 2 is 1.74 bits per heavy atom. The summed E-state index contributed by atoms with van der Waals surface area (Å²) in [4.78, 5) is 18.4. The smallest absolute Gasteiger partial charge is 0.270 e. The third kappa shape index (κ3) is 5.07. The molecule has 1 amide bonds. The number of nitrogens with two attached hydrogens (primary N) is 1. The molecule has 23 heavy (non-hydrogen) atoms.